The van der Waals surface area contributed by atoms with E-state index in [4.69, 9.17) is 0 Å². The molecule has 5 heteroatoms. The van der Waals surface area contributed by atoms with Crippen LogP contribution < -0.4 is 10.0 Å². The van der Waals surface area contributed by atoms with Crippen molar-refractivity contribution >= 4 is 10.0 Å². The van der Waals surface area contributed by atoms with Crippen LogP contribution in [0.2, 0.25) is 0 Å². The van der Waals surface area contributed by atoms with Crippen LogP contribution >= 0.6 is 0 Å². The molecule has 0 radical (unpaired) electrons. The normalized spacial score (nSPS) is 23.0. The van der Waals surface area contributed by atoms with Crippen LogP contribution in [0.4, 0.5) is 0 Å². The molecule has 1 aromatic carbocycles. The molecular formula is C13H20N2O2S. The van der Waals surface area contributed by atoms with Crippen LogP contribution in [0.3, 0.4) is 0 Å². The molecule has 1 aromatic rings. The second kappa shape index (κ2) is 5.38. The zero-order valence-corrected chi connectivity index (χ0v) is 11.6. The van der Waals surface area contributed by atoms with E-state index in [2.05, 4.69) is 17.0 Å². The first-order valence-electron chi connectivity index (χ1n) is 6.32. The molecule has 18 heavy (non-hydrogen) atoms. The van der Waals surface area contributed by atoms with Crippen molar-refractivity contribution in [2.45, 2.75) is 37.2 Å². The molecule has 100 valence electrons. The Hall–Kier alpha value is -0.910. The van der Waals surface area contributed by atoms with Gasteiger partial charge in [-0.1, -0.05) is 25.5 Å². The maximum atomic E-state index is 12.1. The molecular weight excluding hydrogens is 248 g/mol. The lowest BCUT2D eigenvalue weighted by atomic mass is 10.2. The largest absolute Gasteiger partial charge is 0.316 e. The van der Waals surface area contributed by atoms with Crippen LogP contribution in [0.5, 0.6) is 0 Å². The molecule has 4 nitrogen and oxygen atoms in total. The molecule has 1 saturated carbocycles. The zero-order chi connectivity index (χ0) is 13.2. The predicted molar refractivity (Wildman–Crippen MR) is 71.7 cm³/mol. The van der Waals surface area contributed by atoms with E-state index in [0.29, 0.717) is 10.8 Å². The van der Waals surface area contributed by atoms with Gasteiger partial charge < -0.3 is 5.32 Å². The minimum absolute atomic E-state index is 0.136. The summed E-state index contributed by atoms with van der Waals surface area (Å²) >= 11 is 0. The summed E-state index contributed by atoms with van der Waals surface area (Å²) in [6.07, 6.45) is 2.00. The van der Waals surface area contributed by atoms with Crippen LogP contribution in [0.15, 0.2) is 29.2 Å². The molecule has 0 saturated heterocycles. The third kappa shape index (κ3) is 3.10. The van der Waals surface area contributed by atoms with Gasteiger partial charge in [0.2, 0.25) is 10.0 Å². The van der Waals surface area contributed by atoms with Crippen LogP contribution in [-0.4, -0.2) is 21.5 Å². The smallest absolute Gasteiger partial charge is 0.240 e. The number of benzene rings is 1. The first kappa shape index (κ1) is 13.5. The predicted octanol–water partition coefficient (Wildman–Crippen LogP) is 1.48. The lowest BCUT2D eigenvalue weighted by Crippen LogP contribution is -2.27. The number of sulfonamides is 1. The number of hydrogen-bond donors (Lipinski definition) is 2. The number of hydrogen-bond acceptors (Lipinski definition) is 3. The topological polar surface area (TPSA) is 58.2 Å². The molecule has 0 heterocycles. The Morgan fingerprint density at radius 1 is 1.28 bits per heavy atom. The van der Waals surface area contributed by atoms with E-state index >= 15 is 0 Å². The molecule has 0 amide bonds. The molecule has 0 aromatic heterocycles. The Labute approximate surface area is 109 Å². The molecule has 2 unspecified atom stereocenters. The SMILES string of the molecule is CCC1CC1NS(=O)(=O)c1ccc(CNC)cc1. The van der Waals surface area contributed by atoms with Gasteiger partial charge in [0.05, 0.1) is 4.90 Å². The quantitative estimate of drug-likeness (QED) is 0.821. The second-order valence-electron chi connectivity index (χ2n) is 4.81. The van der Waals surface area contributed by atoms with Crippen molar-refractivity contribution in [3.8, 4) is 0 Å². The van der Waals surface area contributed by atoms with Gasteiger partial charge in [-0.25, -0.2) is 13.1 Å². The molecule has 2 N–H and O–H groups in total. The average Bonchev–Trinajstić information content (AvgIpc) is 3.08. The van der Waals surface area contributed by atoms with E-state index in [0.717, 1.165) is 24.9 Å². The summed E-state index contributed by atoms with van der Waals surface area (Å²) in [5.41, 5.74) is 1.08. The van der Waals surface area contributed by atoms with Crippen molar-refractivity contribution in [1.29, 1.82) is 0 Å². The Morgan fingerprint density at radius 2 is 1.94 bits per heavy atom. The minimum Gasteiger partial charge on any atom is -0.316 e. The van der Waals surface area contributed by atoms with E-state index < -0.39 is 10.0 Å². The number of nitrogens with one attached hydrogen (secondary N) is 2. The van der Waals surface area contributed by atoms with E-state index in [1.54, 1.807) is 12.1 Å². The van der Waals surface area contributed by atoms with Gasteiger partial charge in [-0.3, -0.25) is 0 Å². The van der Waals surface area contributed by atoms with Crippen molar-refractivity contribution in [1.82, 2.24) is 10.0 Å². The summed E-state index contributed by atoms with van der Waals surface area (Å²) in [7, 11) is -1.48. The Morgan fingerprint density at radius 3 is 2.44 bits per heavy atom. The van der Waals surface area contributed by atoms with Crippen molar-refractivity contribution in [3.63, 3.8) is 0 Å². The Bertz CT molecular complexity index is 496. The third-order valence-electron chi connectivity index (χ3n) is 3.37. The Kier molecular flexibility index (Phi) is 4.04. The van der Waals surface area contributed by atoms with Gasteiger partial charge in [0.25, 0.3) is 0 Å². The van der Waals surface area contributed by atoms with Gasteiger partial charge in [-0.05, 0) is 37.1 Å². The van der Waals surface area contributed by atoms with E-state index in [1.807, 2.05) is 19.2 Å². The molecule has 1 aliphatic rings. The Balaban J connectivity index is 2.05. The van der Waals surface area contributed by atoms with Crippen LogP contribution in [0, 0.1) is 5.92 Å². The highest BCUT2D eigenvalue weighted by molar-refractivity contribution is 7.89. The second-order valence-corrected chi connectivity index (χ2v) is 6.52. The highest BCUT2D eigenvalue weighted by Gasteiger charge is 2.38. The van der Waals surface area contributed by atoms with Crippen molar-refractivity contribution in [2.24, 2.45) is 5.92 Å². The number of rotatable bonds is 6. The molecule has 0 spiro atoms. The zero-order valence-electron chi connectivity index (χ0n) is 10.8. The highest BCUT2D eigenvalue weighted by atomic mass is 32.2. The lowest BCUT2D eigenvalue weighted by Gasteiger charge is -2.07. The first-order chi connectivity index (χ1) is 8.56. The standard InChI is InChI=1S/C13H20N2O2S/c1-3-11-8-13(11)15-18(16,17)12-6-4-10(5-7-12)9-14-2/h4-7,11,13-15H,3,8-9H2,1-2H3. The maximum Gasteiger partial charge on any atom is 0.240 e. The molecule has 0 bridgehead atoms. The lowest BCUT2D eigenvalue weighted by molar-refractivity contribution is 0.576. The summed E-state index contributed by atoms with van der Waals surface area (Å²) < 4.78 is 26.9. The van der Waals surface area contributed by atoms with Gasteiger partial charge in [-0.2, -0.15) is 0 Å². The van der Waals surface area contributed by atoms with Gasteiger partial charge in [0.15, 0.2) is 0 Å². The van der Waals surface area contributed by atoms with Gasteiger partial charge in [0.1, 0.15) is 0 Å². The van der Waals surface area contributed by atoms with E-state index in [-0.39, 0.29) is 6.04 Å². The molecule has 1 fully saturated rings. The van der Waals surface area contributed by atoms with E-state index in [1.165, 1.54) is 0 Å². The fraction of sp³-hybridized carbons (Fsp3) is 0.538. The van der Waals surface area contributed by atoms with Crippen LogP contribution in [-0.2, 0) is 16.6 Å². The molecule has 1 aliphatic carbocycles. The minimum atomic E-state index is -3.34. The summed E-state index contributed by atoms with van der Waals surface area (Å²) in [6, 6.07) is 7.15. The first-order valence-corrected chi connectivity index (χ1v) is 7.81. The molecule has 2 rings (SSSR count). The van der Waals surface area contributed by atoms with Crippen LogP contribution in [0.25, 0.3) is 0 Å². The van der Waals surface area contributed by atoms with E-state index in [9.17, 15) is 8.42 Å². The summed E-state index contributed by atoms with van der Waals surface area (Å²) in [6.45, 7) is 2.83. The van der Waals surface area contributed by atoms with Crippen LogP contribution in [0.1, 0.15) is 25.3 Å². The highest BCUT2D eigenvalue weighted by Crippen LogP contribution is 2.34. The monoisotopic (exact) mass is 268 g/mol. The van der Waals surface area contributed by atoms with Gasteiger partial charge in [-0.15, -0.1) is 0 Å². The third-order valence-corrected chi connectivity index (χ3v) is 4.87. The fourth-order valence-electron chi connectivity index (χ4n) is 2.10. The van der Waals surface area contributed by atoms with Gasteiger partial charge in [0, 0.05) is 12.6 Å². The average molecular weight is 268 g/mol. The molecule has 2 atom stereocenters. The summed E-state index contributed by atoms with van der Waals surface area (Å²) in [5.74, 6) is 0.517. The molecule has 0 aliphatic heterocycles. The van der Waals surface area contributed by atoms with Gasteiger partial charge >= 0.3 is 0 Å². The summed E-state index contributed by atoms with van der Waals surface area (Å²) in [4.78, 5) is 0.351. The van der Waals surface area contributed by atoms with Crippen molar-refractivity contribution < 1.29 is 8.42 Å². The summed E-state index contributed by atoms with van der Waals surface area (Å²) in [5, 5.41) is 3.03. The fourth-order valence-corrected chi connectivity index (χ4v) is 3.42. The maximum absolute atomic E-state index is 12.1. The van der Waals surface area contributed by atoms with Crippen molar-refractivity contribution in [2.75, 3.05) is 7.05 Å². The van der Waals surface area contributed by atoms with Crippen molar-refractivity contribution in [3.05, 3.63) is 29.8 Å².